The molecule has 2 aromatic rings. The van der Waals surface area contributed by atoms with Crippen LogP contribution in [0.2, 0.25) is 5.02 Å². The van der Waals surface area contributed by atoms with Gasteiger partial charge >= 0.3 is 0 Å². The number of nitrogens with zero attached hydrogens (tertiary/aromatic N) is 1. The number of pyridine rings is 1. The van der Waals surface area contributed by atoms with Crippen LogP contribution in [0, 0.1) is 0 Å². The van der Waals surface area contributed by atoms with E-state index in [9.17, 15) is 13.2 Å². The van der Waals surface area contributed by atoms with Crippen LogP contribution < -0.4 is 10.0 Å². The summed E-state index contributed by atoms with van der Waals surface area (Å²) in [4.78, 5) is 15.8. The van der Waals surface area contributed by atoms with Gasteiger partial charge in [-0.25, -0.2) is 8.42 Å². The molecular formula is C13H12ClN3O3S. The van der Waals surface area contributed by atoms with Gasteiger partial charge in [0.15, 0.2) is 0 Å². The fourth-order valence-corrected chi connectivity index (χ4v) is 2.33. The first-order valence-electron chi connectivity index (χ1n) is 5.84. The smallest absolute Gasteiger partial charge is 0.258 e. The lowest BCUT2D eigenvalue weighted by Crippen LogP contribution is -2.13. The summed E-state index contributed by atoms with van der Waals surface area (Å²) in [6, 6.07) is 7.77. The molecule has 0 aliphatic carbocycles. The fraction of sp³-hybridized carbons (Fsp3) is 0.0769. The third kappa shape index (κ3) is 4.44. The Kier molecular flexibility index (Phi) is 4.44. The zero-order valence-electron chi connectivity index (χ0n) is 11.0. The molecule has 1 amide bonds. The van der Waals surface area contributed by atoms with E-state index in [4.69, 9.17) is 11.6 Å². The number of rotatable bonds is 4. The van der Waals surface area contributed by atoms with Gasteiger partial charge in [-0.3, -0.25) is 14.5 Å². The maximum atomic E-state index is 12.0. The van der Waals surface area contributed by atoms with Crippen LogP contribution in [0.3, 0.4) is 0 Å². The van der Waals surface area contributed by atoms with Gasteiger partial charge in [-0.15, -0.1) is 0 Å². The Labute approximate surface area is 127 Å². The molecular weight excluding hydrogens is 314 g/mol. The van der Waals surface area contributed by atoms with Crippen molar-refractivity contribution in [3.63, 3.8) is 0 Å². The Morgan fingerprint density at radius 1 is 1.14 bits per heavy atom. The summed E-state index contributed by atoms with van der Waals surface area (Å²) < 4.78 is 24.5. The van der Waals surface area contributed by atoms with Crippen molar-refractivity contribution in [3.05, 3.63) is 53.3 Å². The zero-order valence-corrected chi connectivity index (χ0v) is 12.6. The van der Waals surface area contributed by atoms with Crippen LogP contribution in [0.25, 0.3) is 0 Å². The number of benzene rings is 1. The number of amides is 1. The van der Waals surface area contributed by atoms with E-state index < -0.39 is 15.9 Å². The van der Waals surface area contributed by atoms with Gasteiger partial charge in [-0.05, 0) is 30.3 Å². The molecule has 0 aliphatic heterocycles. The molecule has 0 saturated carbocycles. The molecule has 110 valence electrons. The second-order valence-electron chi connectivity index (χ2n) is 4.26. The SMILES string of the molecule is CS(=O)(=O)Nc1ccc(NC(=O)c2cnccc2Cl)cc1. The first-order chi connectivity index (χ1) is 9.85. The number of aromatic nitrogens is 1. The van der Waals surface area contributed by atoms with Crippen molar-refractivity contribution in [2.75, 3.05) is 16.3 Å². The third-order valence-corrected chi connectivity index (χ3v) is 3.39. The van der Waals surface area contributed by atoms with Gasteiger partial charge in [-0.2, -0.15) is 0 Å². The number of anilines is 2. The monoisotopic (exact) mass is 325 g/mol. The standard InChI is InChI=1S/C13H12ClN3O3S/c1-21(19,20)17-10-4-2-9(3-5-10)16-13(18)11-8-15-7-6-12(11)14/h2-8,17H,1H3,(H,16,18). The third-order valence-electron chi connectivity index (χ3n) is 2.46. The summed E-state index contributed by atoms with van der Waals surface area (Å²) in [5, 5.41) is 2.95. The second kappa shape index (κ2) is 6.11. The van der Waals surface area contributed by atoms with E-state index in [0.717, 1.165) is 6.26 Å². The number of carbonyl (C=O) groups is 1. The molecule has 2 rings (SSSR count). The minimum atomic E-state index is -3.32. The Hall–Kier alpha value is -2.12. The summed E-state index contributed by atoms with van der Waals surface area (Å²) in [5.74, 6) is -0.392. The summed E-state index contributed by atoms with van der Waals surface area (Å²) in [6.45, 7) is 0. The molecule has 0 unspecified atom stereocenters. The lowest BCUT2D eigenvalue weighted by Gasteiger charge is -2.08. The molecule has 0 radical (unpaired) electrons. The zero-order chi connectivity index (χ0) is 15.5. The van der Waals surface area contributed by atoms with E-state index >= 15 is 0 Å². The number of halogens is 1. The van der Waals surface area contributed by atoms with Crippen molar-refractivity contribution < 1.29 is 13.2 Å². The van der Waals surface area contributed by atoms with Crippen molar-refractivity contribution in [2.45, 2.75) is 0 Å². The fourth-order valence-electron chi connectivity index (χ4n) is 1.58. The average molecular weight is 326 g/mol. The average Bonchev–Trinajstić information content (AvgIpc) is 2.40. The normalized spacial score (nSPS) is 11.0. The predicted molar refractivity (Wildman–Crippen MR) is 82.1 cm³/mol. The molecule has 0 aliphatic rings. The van der Waals surface area contributed by atoms with E-state index in [1.54, 1.807) is 24.3 Å². The molecule has 0 fully saturated rings. The van der Waals surface area contributed by atoms with Crippen molar-refractivity contribution in [2.24, 2.45) is 0 Å². The maximum absolute atomic E-state index is 12.0. The Morgan fingerprint density at radius 3 is 2.33 bits per heavy atom. The van der Waals surface area contributed by atoms with Crippen LogP contribution in [0.4, 0.5) is 11.4 Å². The van der Waals surface area contributed by atoms with Crippen LogP contribution in [0.5, 0.6) is 0 Å². The van der Waals surface area contributed by atoms with Crippen LogP contribution in [-0.4, -0.2) is 25.6 Å². The quantitative estimate of drug-likeness (QED) is 0.903. The number of hydrogen-bond acceptors (Lipinski definition) is 4. The van der Waals surface area contributed by atoms with Gasteiger partial charge in [0.1, 0.15) is 0 Å². The highest BCUT2D eigenvalue weighted by Crippen LogP contribution is 2.18. The number of sulfonamides is 1. The summed E-state index contributed by atoms with van der Waals surface area (Å²) in [5.41, 5.74) is 1.19. The summed E-state index contributed by atoms with van der Waals surface area (Å²) >= 11 is 5.91. The highest BCUT2D eigenvalue weighted by atomic mass is 35.5. The van der Waals surface area contributed by atoms with Crippen LogP contribution in [0.1, 0.15) is 10.4 Å². The first-order valence-corrected chi connectivity index (χ1v) is 8.11. The molecule has 0 bridgehead atoms. The molecule has 0 saturated heterocycles. The second-order valence-corrected chi connectivity index (χ2v) is 6.42. The molecule has 1 heterocycles. The van der Waals surface area contributed by atoms with Gasteiger partial charge in [0, 0.05) is 23.8 Å². The molecule has 0 spiro atoms. The maximum Gasteiger partial charge on any atom is 0.258 e. The van der Waals surface area contributed by atoms with Gasteiger partial charge in [0.2, 0.25) is 10.0 Å². The molecule has 8 heteroatoms. The summed E-state index contributed by atoms with van der Waals surface area (Å²) in [7, 11) is -3.32. The largest absolute Gasteiger partial charge is 0.322 e. The van der Waals surface area contributed by atoms with Gasteiger partial charge < -0.3 is 5.32 Å². The number of hydrogen-bond donors (Lipinski definition) is 2. The van der Waals surface area contributed by atoms with E-state index in [1.165, 1.54) is 18.5 Å². The van der Waals surface area contributed by atoms with Crippen LogP contribution in [0.15, 0.2) is 42.7 Å². The van der Waals surface area contributed by atoms with E-state index in [2.05, 4.69) is 15.0 Å². The molecule has 21 heavy (non-hydrogen) atoms. The molecule has 0 atom stereocenters. The van der Waals surface area contributed by atoms with Crippen LogP contribution >= 0.6 is 11.6 Å². The van der Waals surface area contributed by atoms with E-state index in [1.807, 2.05) is 0 Å². The number of nitrogens with one attached hydrogen (secondary N) is 2. The van der Waals surface area contributed by atoms with Crippen molar-refractivity contribution in [1.82, 2.24) is 4.98 Å². The molecule has 2 N–H and O–H groups in total. The first kappa shape index (κ1) is 15.3. The van der Waals surface area contributed by atoms with E-state index in [-0.39, 0.29) is 5.56 Å². The lowest BCUT2D eigenvalue weighted by molar-refractivity contribution is 0.102. The number of carbonyl (C=O) groups excluding carboxylic acids is 1. The Morgan fingerprint density at radius 2 is 1.76 bits per heavy atom. The molecule has 1 aromatic heterocycles. The lowest BCUT2D eigenvalue weighted by atomic mass is 10.2. The minimum absolute atomic E-state index is 0.262. The topological polar surface area (TPSA) is 88.2 Å². The van der Waals surface area contributed by atoms with E-state index in [0.29, 0.717) is 16.4 Å². The molecule has 1 aromatic carbocycles. The highest BCUT2D eigenvalue weighted by Gasteiger charge is 2.10. The van der Waals surface area contributed by atoms with Gasteiger partial charge in [0.05, 0.1) is 16.8 Å². The van der Waals surface area contributed by atoms with Gasteiger partial charge in [0.25, 0.3) is 5.91 Å². The van der Waals surface area contributed by atoms with Crippen molar-refractivity contribution >= 4 is 38.9 Å². The minimum Gasteiger partial charge on any atom is -0.322 e. The predicted octanol–water partition coefficient (Wildman–Crippen LogP) is 2.36. The van der Waals surface area contributed by atoms with Crippen LogP contribution in [-0.2, 0) is 10.0 Å². The molecule has 6 nitrogen and oxygen atoms in total. The Balaban J connectivity index is 2.10. The summed E-state index contributed by atoms with van der Waals surface area (Å²) in [6.07, 6.45) is 3.93. The van der Waals surface area contributed by atoms with Crippen molar-refractivity contribution in [3.8, 4) is 0 Å². The van der Waals surface area contributed by atoms with Gasteiger partial charge in [-0.1, -0.05) is 11.6 Å². The Bertz CT molecular complexity index is 760. The van der Waals surface area contributed by atoms with Crippen molar-refractivity contribution in [1.29, 1.82) is 0 Å². The highest BCUT2D eigenvalue weighted by molar-refractivity contribution is 7.92.